The largest absolute Gasteiger partial charge is 0.414 e. The van der Waals surface area contributed by atoms with Crippen molar-refractivity contribution in [2.75, 3.05) is 32.7 Å². The van der Waals surface area contributed by atoms with Gasteiger partial charge in [0, 0.05) is 38.6 Å². The van der Waals surface area contributed by atoms with Crippen LogP contribution in [0.3, 0.4) is 0 Å². The van der Waals surface area contributed by atoms with Crippen LogP contribution in [0.4, 0.5) is 13.2 Å². The van der Waals surface area contributed by atoms with Crippen LogP contribution in [-0.4, -0.2) is 113 Å². The number of fused-ring (bicyclic) bond motifs is 1. The van der Waals surface area contributed by atoms with E-state index in [0.29, 0.717) is 56.3 Å². The number of hydrogen-bond acceptors (Lipinski definition) is 8. The molecule has 3 heterocycles. The molecule has 5 unspecified atom stereocenters. The van der Waals surface area contributed by atoms with Gasteiger partial charge in [-0.2, -0.15) is 13.2 Å². The molecule has 0 aromatic carbocycles. The number of amides is 4. The standard InChI is InChI=1S/C45H69F3N4O6/c1-2-35(29-8-4-3-5-9-29)41(30-11-16-33(53)17-12-30)31-13-18-34(19-14-31)58-39(45(46,47)48)10-6-7-23-50-24-26-51(27-25-50)32-15-20-36-37(28-32)44(57)52(43(36)56)38-21-22-40(54)49-42(38)55/h29-34,36-39,53H,2-28H2,1H3,(H,49,54,55)/b41-35-. The van der Waals surface area contributed by atoms with Crippen molar-refractivity contribution in [3.8, 4) is 0 Å². The van der Waals surface area contributed by atoms with E-state index < -0.39 is 36.1 Å². The van der Waals surface area contributed by atoms with Gasteiger partial charge in [0.2, 0.25) is 23.6 Å². The van der Waals surface area contributed by atoms with Crippen molar-refractivity contribution in [1.29, 1.82) is 0 Å². The average molecular weight is 819 g/mol. The summed E-state index contributed by atoms with van der Waals surface area (Å²) in [6, 6.07) is -0.747. The second-order valence-corrected chi connectivity index (χ2v) is 18.9. The number of rotatable bonds is 13. The molecule has 326 valence electrons. The van der Waals surface area contributed by atoms with E-state index in [0.717, 1.165) is 89.0 Å². The number of carbonyl (C=O) groups is 4. The molecule has 13 heteroatoms. The van der Waals surface area contributed by atoms with Crippen LogP contribution >= 0.6 is 0 Å². The number of piperazine rings is 1. The third-order valence-corrected chi connectivity index (χ3v) is 15.4. The predicted octanol–water partition coefficient (Wildman–Crippen LogP) is 7.08. The maximum absolute atomic E-state index is 14.3. The highest BCUT2D eigenvalue weighted by Crippen LogP contribution is 2.47. The third-order valence-electron chi connectivity index (χ3n) is 15.4. The summed E-state index contributed by atoms with van der Waals surface area (Å²) in [6.07, 6.45) is 11.0. The molecule has 3 saturated heterocycles. The predicted molar refractivity (Wildman–Crippen MR) is 213 cm³/mol. The van der Waals surface area contributed by atoms with Crippen molar-refractivity contribution >= 4 is 23.6 Å². The molecule has 7 aliphatic rings. The molecule has 7 fully saturated rings. The van der Waals surface area contributed by atoms with Crippen molar-refractivity contribution in [3.63, 3.8) is 0 Å². The summed E-state index contributed by atoms with van der Waals surface area (Å²) in [7, 11) is 0. The van der Waals surface area contributed by atoms with E-state index in [-0.39, 0.29) is 55.2 Å². The number of unbranched alkanes of at least 4 members (excludes halogenated alkanes) is 1. The minimum atomic E-state index is -4.39. The number of piperidine rings is 1. The summed E-state index contributed by atoms with van der Waals surface area (Å²) in [6.45, 7) is 6.25. The monoisotopic (exact) mass is 819 g/mol. The lowest BCUT2D eigenvalue weighted by molar-refractivity contribution is -0.238. The fourth-order valence-electron chi connectivity index (χ4n) is 12.2. The van der Waals surface area contributed by atoms with Crippen molar-refractivity contribution in [2.24, 2.45) is 29.6 Å². The quantitative estimate of drug-likeness (QED) is 0.115. The molecule has 0 radical (unpaired) electrons. The summed E-state index contributed by atoms with van der Waals surface area (Å²) in [5, 5.41) is 12.5. The maximum atomic E-state index is 14.3. The molecule has 4 amide bonds. The molecule has 0 aromatic heterocycles. The van der Waals surface area contributed by atoms with Crippen LogP contribution in [-0.2, 0) is 23.9 Å². The number of ether oxygens (including phenoxy) is 1. The molecule has 4 aliphatic carbocycles. The van der Waals surface area contributed by atoms with Crippen LogP contribution in [0.2, 0.25) is 0 Å². The van der Waals surface area contributed by atoms with Gasteiger partial charge in [0.15, 0.2) is 6.10 Å². The first-order valence-electron chi connectivity index (χ1n) is 23.2. The van der Waals surface area contributed by atoms with E-state index in [2.05, 4.69) is 22.0 Å². The average Bonchev–Trinajstić information content (AvgIpc) is 3.46. The fourth-order valence-corrected chi connectivity index (χ4v) is 12.2. The topological polar surface area (TPSA) is 119 Å². The van der Waals surface area contributed by atoms with Crippen molar-refractivity contribution in [3.05, 3.63) is 11.1 Å². The zero-order valence-corrected chi connectivity index (χ0v) is 34.8. The number of aliphatic hydroxyl groups is 1. The van der Waals surface area contributed by atoms with Crippen LogP contribution < -0.4 is 5.32 Å². The Kier molecular flexibility index (Phi) is 14.8. The number of allylic oxidation sites excluding steroid dienone is 2. The van der Waals surface area contributed by atoms with Crippen molar-refractivity contribution < 1.29 is 42.2 Å². The van der Waals surface area contributed by atoms with E-state index in [9.17, 15) is 37.5 Å². The minimum absolute atomic E-state index is 0.0200. The van der Waals surface area contributed by atoms with E-state index >= 15 is 0 Å². The number of imide groups is 2. The Morgan fingerprint density at radius 2 is 1.43 bits per heavy atom. The molecule has 58 heavy (non-hydrogen) atoms. The van der Waals surface area contributed by atoms with E-state index in [1.165, 1.54) is 32.1 Å². The van der Waals surface area contributed by atoms with Gasteiger partial charge in [-0.1, -0.05) is 37.3 Å². The second-order valence-electron chi connectivity index (χ2n) is 18.9. The van der Waals surface area contributed by atoms with Crippen molar-refractivity contribution in [2.45, 2.75) is 185 Å². The summed E-state index contributed by atoms with van der Waals surface area (Å²) in [5.74, 6) is -0.820. The van der Waals surface area contributed by atoms with Crippen molar-refractivity contribution in [1.82, 2.24) is 20.0 Å². The normalized spacial score (nSPS) is 34.8. The number of hydrogen-bond donors (Lipinski definition) is 2. The van der Waals surface area contributed by atoms with Gasteiger partial charge < -0.3 is 14.7 Å². The van der Waals surface area contributed by atoms with Crippen LogP contribution in [0.5, 0.6) is 0 Å². The molecule has 3 aliphatic heterocycles. The molecule has 4 saturated carbocycles. The van der Waals surface area contributed by atoms with E-state index in [4.69, 9.17) is 4.74 Å². The second kappa shape index (κ2) is 19.6. The molecule has 5 atom stereocenters. The molecule has 0 spiro atoms. The van der Waals surface area contributed by atoms with Crippen LogP contribution in [0, 0.1) is 29.6 Å². The number of alkyl halides is 3. The number of aliphatic hydroxyl groups excluding tert-OH is 1. The molecule has 0 aromatic rings. The van der Waals surface area contributed by atoms with Gasteiger partial charge in [0.1, 0.15) is 6.04 Å². The number of carbonyl (C=O) groups excluding carboxylic acids is 4. The van der Waals surface area contributed by atoms with Crippen LogP contribution in [0.1, 0.15) is 148 Å². The lowest BCUT2D eigenvalue weighted by atomic mass is 9.68. The first kappa shape index (κ1) is 43.7. The highest BCUT2D eigenvalue weighted by Gasteiger charge is 2.54. The van der Waals surface area contributed by atoms with Crippen LogP contribution in [0.25, 0.3) is 0 Å². The first-order chi connectivity index (χ1) is 27.9. The van der Waals surface area contributed by atoms with E-state index in [1.807, 2.05) is 0 Å². The van der Waals surface area contributed by atoms with Gasteiger partial charge in [-0.3, -0.25) is 34.3 Å². The van der Waals surface area contributed by atoms with Gasteiger partial charge in [-0.15, -0.1) is 0 Å². The number of nitrogens with one attached hydrogen (secondary N) is 1. The molecule has 0 bridgehead atoms. The Morgan fingerprint density at radius 1 is 0.776 bits per heavy atom. The Bertz CT molecular complexity index is 1480. The Morgan fingerprint density at radius 3 is 2.07 bits per heavy atom. The maximum Gasteiger partial charge on any atom is 0.414 e. The summed E-state index contributed by atoms with van der Waals surface area (Å²) >= 11 is 0. The molecule has 2 N–H and O–H groups in total. The van der Waals surface area contributed by atoms with Gasteiger partial charge >= 0.3 is 6.18 Å². The van der Waals surface area contributed by atoms with Crippen LogP contribution in [0.15, 0.2) is 11.1 Å². The fraction of sp³-hybridized carbons (Fsp3) is 0.867. The third kappa shape index (κ3) is 10.2. The van der Waals surface area contributed by atoms with E-state index in [1.54, 1.807) is 11.1 Å². The SMILES string of the molecule is CC/C(=C(\C1CCC(O)CC1)C1CCC(OC(CCCCN2CCN(C3CCC4C(=O)N(C5CCC(=O)NC5=O)C(=O)C4C3)CC2)C(F)(F)F)CC1)C1CCCCC1. The first-order valence-corrected chi connectivity index (χ1v) is 23.2. The van der Waals surface area contributed by atoms with Gasteiger partial charge in [0.25, 0.3) is 0 Å². The summed E-state index contributed by atoms with van der Waals surface area (Å²) < 4.78 is 49.0. The van der Waals surface area contributed by atoms with Gasteiger partial charge in [0.05, 0.1) is 24.0 Å². The molecule has 10 nitrogen and oxygen atoms in total. The minimum Gasteiger partial charge on any atom is -0.393 e. The number of likely N-dealkylation sites (tertiary alicyclic amines) is 1. The lowest BCUT2D eigenvalue weighted by Crippen LogP contribution is -2.54. The Balaban J connectivity index is 0.844. The van der Waals surface area contributed by atoms with Gasteiger partial charge in [-0.05, 0) is 140 Å². The number of nitrogens with zero attached hydrogens (tertiary/aromatic N) is 3. The smallest absolute Gasteiger partial charge is 0.393 e. The highest BCUT2D eigenvalue weighted by molar-refractivity contribution is 6.10. The summed E-state index contributed by atoms with van der Waals surface area (Å²) in [4.78, 5) is 56.6. The Labute approximate surface area is 343 Å². The zero-order chi connectivity index (χ0) is 41.0. The zero-order valence-electron chi connectivity index (χ0n) is 34.8. The molecular weight excluding hydrogens is 750 g/mol. The molecular formula is C45H69F3N4O6. The lowest BCUT2D eigenvalue weighted by Gasteiger charge is -2.42. The van der Waals surface area contributed by atoms with Gasteiger partial charge in [-0.25, -0.2) is 0 Å². The molecule has 7 rings (SSSR count). The summed E-state index contributed by atoms with van der Waals surface area (Å²) in [5.41, 5.74) is 3.27. The highest BCUT2D eigenvalue weighted by atomic mass is 19.4. The Hall–Kier alpha value is -2.35. The number of halogens is 3.